The van der Waals surface area contributed by atoms with Crippen molar-refractivity contribution in [3.63, 3.8) is 0 Å². The molecule has 0 bridgehead atoms. The maximum absolute atomic E-state index is 12.3. The number of aryl methyl sites for hydroxylation is 1. The zero-order valence-electron chi connectivity index (χ0n) is 10.6. The van der Waals surface area contributed by atoms with Crippen LogP contribution in [0.3, 0.4) is 0 Å². The van der Waals surface area contributed by atoms with Gasteiger partial charge in [-0.05, 0) is 66.6 Å². The van der Waals surface area contributed by atoms with Crippen molar-refractivity contribution in [1.29, 1.82) is 0 Å². The molecule has 1 atom stereocenters. The summed E-state index contributed by atoms with van der Waals surface area (Å²) in [7, 11) is 1.72. The van der Waals surface area contributed by atoms with Crippen molar-refractivity contribution < 1.29 is 9.90 Å². The van der Waals surface area contributed by atoms with Gasteiger partial charge in [0.25, 0.3) is 5.91 Å². The van der Waals surface area contributed by atoms with Gasteiger partial charge in [-0.3, -0.25) is 4.79 Å². The van der Waals surface area contributed by atoms with Crippen molar-refractivity contribution in [2.75, 3.05) is 13.7 Å². The highest BCUT2D eigenvalue weighted by atomic mass is 127. The SMILES string of the molecule is Cc1cc(I)cc(C(=O)N(C)C(C)CO)c1C. The summed E-state index contributed by atoms with van der Waals surface area (Å²) >= 11 is 2.21. The Labute approximate surface area is 116 Å². The quantitative estimate of drug-likeness (QED) is 0.853. The van der Waals surface area contributed by atoms with Gasteiger partial charge in [-0.2, -0.15) is 0 Å². The van der Waals surface area contributed by atoms with Crippen LogP contribution < -0.4 is 0 Å². The number of carbonyl (C=O) groups is 1. The van der Waals surface area contributed by atoms with Gasteiger partial charge in [-0.1, -0.05) is 0 Å². The van der Waals surface area contributed by atoms with Crippen molar-refractivity contribution in [3.05, 3.63) is 32.4 Å². The largest absolute Gasteiger partial charge is 0.394 e. The lowest BCUT2D eigenvalue weighted by atomic mass is 10.0. The first-order chi connectivity index (χ1) is 7.88. The van der Waals surface area contributed by atoms with Crippen molar-refractivity contribution >= 4 is 28.5 Å². The van der Waals surface area contributed by atoms with Gasteiger partial charge in [-0.15, -0.1) is 0 Å². The van der Waals surface area contributed by atoms with Crippen LogP contribution in [0.25, 0.3) is 0 Å². The second-order valence-corrected chi connectivity index (χ2v) is 5.59. The number of benzene rings is 1. The molecule has 4 heteroatoms. The molecule has 1 rings (SSSR count). The number of carbonyl (C=O) groups excluding carboxylic acids is 1. The Hall–Kier alpha value is -0.620. The first-order valence-corrected chi connectivity index (χ1v) is 6.61. The standard InChI is InChI=1S/C13H18INO2/c1-8-5-11(14)6-12(10(8)3)13(17)15(4)9(2)7-16/h5-6,9,16H,7H2,1-4H3. The average Bonchev–Trinajstić information content (AvgIpc) is 2.30. The van der Waals surface area contributed by atoms with Gasteiger partial charge >= 0.3 is 0 Å². The van der Waals surface area contributed by atoms with Crippen LogP contribution in [0.15, 0.2) is 12.1 Å². The first kappa shape index (κ1) is 14.4. The van der Waals surface area contributed by atoms with Crippen LogP contribution in [0, 0.1) is 17.4 Å². The van der Waals surface area contributed by atoms with E-state index in [-0.39, 0.29) is 18.6 Å². The lowest BCUT2D eigenvalue weighted by Gasteiger charge is -2.24. The van der Waals surface area contributed by atoms with Crippen molar-refractivity contribution in [3.8, 4) is 0 Å². The third-order valence-electron chi connectivity index (χ3n) is 3.11. The Morgan fingerprint density at radius 1 is 1.47 bits per heavy atom. The molecule has 0 spiro atoms. The predicted molar refractivity (Wildman–Crippen MR) is 77.3 cm³/mol. The molecule has 0 saturated heterocycles. The summed E-state index contributed by atoms with van der Waals surface area (Å²) in [6.07, 6.45) is 0. The third-order valence-corrected chi connectivity index (χ3v) is 3.73. The molecular weight excluding hydrogens is 329 g/mol. The lowest BCUT2D eigenvalue weighted by molar-refractivity contribution is 0.0681. The minimum Gasteiger partial charge on any atom is -0.394 e. The fourth-order valence-corrected chi connectivity index (χ4v) is 2.33. The van der Waals surface area contributed by atoms with E-state index in [0.29, 0.717) is 0 Å². The molecule has 94 valence electrons. The molecule has 0 fully saturated rings. The smallest absolute Gasteiger partial charge is 0.254 e. The monoisotopic (exact) mass is 347 g/mol. The first-order valence-electron chi connectivity index (χ1n) is 5.53. The minimum atomic E-state index is -0.167. The molecule has 0 saturated carbocycles. The van der Waals surface area contributed by atoms with Crippen molar-refractivity contribution in [2.24, 2.45) is 0 Å². The number of hydrogen-bond acceptors (Lipinski definition) is 2. The highest BCUT2D eigenvalue weighted by molar-refractivity contribution is 14.1. The maximum Gasteiger partial charge on any atom is 0.254 e. The van der Waals surface area contributed by atoms with E-state index in [1.807, 2.05) is 26.8 Å². The zero-order chi connectivity index (χ0) is 13.2. The van der Waals surface area contributed by atoms with Crippen molar-refractivity contribution in [2.45, 2.75) is 26.8 Å². The fourth-order valence-electron chi connectivity index (χ4n) is 1.55. The number of rotatable bonds is 3. The molecule has 0 aliphatic rings. The van der Waals surface area contributed by atoms with Crippen molar-refractivity contribution in [1.82, 2.24) is 4.90 Å². The molecule has 17 heavy (non-hydrogen) atoms. The Balaban J connectivity index is 3.12. The molecule has 0 aliphatic carbocycles. The molecular formula is C13H18INO2. The number of aliphatic hydroxyl groups excluding tert-OH is 1. The van der Waals surface area contributed by atoms with Crippen LogP contribution in [0.1, 0.15) is 28.4 Å². The van der Waals surface area contributed by atoms with Gasteiger partial charge < -0.3 is 10.0 Å². The van der Waals surface area contributed by atoms with E-state index < -0.39 is 0 Å². The number of halogens is 1. The summed E-state index contributed by atoms with van der Waals surface area (Å²) in [6, 6.07) is 3.79. The Morgan fingerprint density at radius 3 is 2.59 bits per heavy atom. The zero-order valence-corrected chi connectivity index (χ0v) is 12.8. The van der Waals surface area contributed by atoms with E-state index in [4.69, 9.17) is 5.11 Å². The molecule has 1 amide bonds. The molecule has 1 unspecified atom stereocenters. The summed E-state index contributed by atoms with van der Waals surface area (Å²) in [5, 5.41) is 9.08. The van der Waals surface area contributed by atoms with E-state index >= 15 is 0 Å². The average molecular weight is 347 g/mol. The summed E-state index contributed by atoms with van der Waals surface area (Å²) in [6.45, 7) is 5.76. The molecule has 3 nitrogen and oxygen atoms in total. The topological polar surface area (TPSA) is 40.5 Å². The van der Waals surface area contributed by atoms with Gasteiger partial charge in [0.05, 0.1) is 12.6 Å². The normalized spacial score (nSPS) is 12.4. The van der Waals surface area contributed by atoms with Gasteiger partial charge in [0.2, 0.25) is 0 Å². The molecule has 0 aromatic heterocycles. The van der Waals surface area contributed by atoms with E-state index in [2.05, 4.69) is 28.7 Å². The molecule has 0 heterocycles. The lowest BCUT2D eigenvalue weighted by Crippen LogP contribution is -2.37. The third kappa shape index (κ3) is 3.19. The molecule has 1 aromatic rings. The van der Waals surface area contributed by atoms with Crippen LogP contribution in [0.5, 0.6) is 0 Å². The number of amides is 1. The van der Waals surface area contributed by atoms with Crippen LogP contribution >= 0.6 is 22.6 Å². The van der Waals surface area contributed by atoms with Crippen LogP contribution in [0.4, 0.5) is 0 Å². The predicted octanol–water partition coefficient (Wildman–Crippen LogP) is 2.36. The second-order valence-electron chi connectivity index (χ2n) is 4.34. The Morgan fingerprint density at radius 2 is 2.06 bits per heavy atom. The highest BCUT2D eigenvalue weighted by Gasteiger charge is 2.19. The van der Waals surface area contributed by atoms with Gasteiger partial charge in [0.1, 0.15) is 0 Å². The van der Waals surface area contributed by atoms with E-state index in [0.717, 1.165) is 20.3 Å². The van der Waals surface area contributed by atoms with Crippen LogP contribution in [-0.2, 0) is 0 Å². The van der Waals surface area contributed by atoms with E-state index in [9.17, 15) is 4.79 Å². The summed E-state index contributed by atoms with van der Waals surface area (Å²) in [5.41, 5.74) is 2.84. The fraction of sp³-hybridized carbons (Fsp3) is 0.462. The number of hydrogen-bond donors (Lipinski definition) is 1. The van der Waals surface area contributed by atoms with E-state index in [1.54, 1.807) is 11.9 Å². The molecule has 0 aliphatic heterocycles. The highest BCUT2D eigenvalue weighted by Crippen LogP contribution is 2.19. The van der Waals surface area contributed by atoms with Gasteiger partial charge in [0.15, 0.2) is 0 Å². The maximum atomic E-state index is 12.3. The van der Waals surface area contributed by atoms with Gasteiger partial charge in [0, 0.05) is 16.2 Å². The molecule has 1 N–H and O–H groups in total. The molecule has 0 radical (unpaired) electrons. The van der Waals surface area contributed by atoms with E-state index in [1.165, 1.54) is 0 Å². The summed E-state index contributed by atoms with van der Waals surface area (Å²) in [4.78, 5) is 13.9. The molecule has 1 aromatic carbocycles. The second kappa shape index (κ2) is 5.82. The van der Waals surface area contributed by atoms with Crippen LogP contribution in [-0.4, -0.2) is 35.6 Å². The number of aliphatic hydroxyl groups is 1. The Kier molecular flexibility index (Phi) is 4.94. The van der Waals surface area contributed by atoms with Gasteiger partial charge in [-0.25, -0.2) is 0 Å². The van der Waals surface area contributed by atoms with Crippen LogP contribution in [0.2, 0.25) is 0 Å². The number of likely N-dealkylation sites (N-methyl/N-ethyl adjacent to an activating group) is 1. The Bertz CT molecular complexity index is 432. The number of nitrogens with zero attached hydrogens (tertiary/aromatic N) is 1. The summed E-state index contributed by atoms with van der Waals surface area (Å²) in [5.74, 6) is -0.0364. The minimum absolute atomic E-state index is 0.0236. The summed E-state index contributed by atoms with van der Waals surface area (Å²) < 4.78 is 1.05.